The van der Waals surface area contributed by atoms with Crippen LogP contribution in [0.3, 0.4) is 0 Å². The molecule has 7 heteroatoms. The van der Waals surface area contributed by atoms with Gasteiger partial charge in [0.2, 0.25) is 5.91 Å². The van der Waals surface area contributed by atoms with Crippen LogP contribution in [0.4, 0.5) is 0 Å². The van der Waals surface area contributed by atoms with E-state index < -0.39 is 5.91 Å². The predicted molar refractivity (Wildman–Crippen MR) is 129 cm³/mol. The molecule has 3 rings (SSSR count). The zero-order valence-electron chi connectivity index (χ0n) is 19.1. The Morgan fingerprint density at radius 2 is 1.75 bits per heavy atom. The van der Waals surface area contributed by atoms with Gasteiger partial charge in [0, 0.05) is 18.7 Å². The number of piperidine rings is 1. The standard InChI is InChI=1S/C25H35N5O2/c1-3-27-25(28-17-19-7-9-21(10-8-19)24(26)31)29-18-23(30-15-5-4-6-16-30)20-11-13-22(32-2)14-12-20/h7-14,23H,3-6,15-18H2,1-2H3,(H2,26,31)(H2,27,28,29). The Kier molecular flexibility index (Phi) is 8.92. The van der Waals surface area contributed by atoms with Crippen molar-refractivity contribution in [2.75, 3.05) is 33.3 Å². The van der Waals surface area contributed by atoms with Gasteiger partial charge in [-0.15, -0.1) is 0 Å². The van der Waals surface area contributed by atoms with Crippen molar-refractivity contribution in [1.29, 1.82) is 0 Å². The van der Waals surface area contributed by atoms with Gasteiger partial charge in [0.05, 0.1) is 19.7 Å². The molecule has 1 aliphatic heterocycles. The predicted octanol–water partition coefficient (Wildman–Crippen LogP) is 3.08. The number of methoxy groups -OCH3 is 1. The van der Waals surface area contributed by atoms with Gasteiger partial charge in [0.15, 0.2) is 5.96 Å². The van der Waals surface area contributed by atoms with Crippen molar-refractivity contribution in [3.63, 3.8) is 0 Å². The van der Waals surface area contributed by atoms with Crippen LogP contribution in [0.1, 0.15) is 53.7 Å². The second-order valence-electron chi connectivity index (χ2n) is 8.02. The van der Waals surface area contributed by atoms with E-state index in [-0.39, 0.29) is 6.04 Å². The highest BCUT2D eigenvalue weighted by Gasteiger charge is 2.22. The molecule has 1 heterocycles. The first kappa shape index (κ1) is 23.6. The fourth-order valence-electron chi connectivity index (χ4n) is 3.99. The van der Waals surface area contributed by atoms with Gasteiger partial charge < -0.3 is 21.1 Å². The van der Waals surface area contributed by atoms with Crippen LogP contribution in [0.15, 0.2) is 53.5 Å². The Balaban J connectivity index is 1.69. The number of aliphatic imine (C=N–C) groups is 1. The minimum atomic E-state index is -0.419. The van der Waals surface area contributed by atoms with Gasteiger partial charge in [-0.3, -0.25) is 9.69 Å². The zero-order valence-corrected chi connectivity index (χ0v) is 19.1. The minimum Gasteiger partial charge on any atom is -0.497 e. The molecule has 1 aliphatic rings. The van der Waals surface area contributed by atoms with Gasteiger partial charge in [0.25, 0.3) is 0 Å². The monoisotopic (exact) mass is 437 g/mol. The third kappa shape index (κ3) is 6.72. The molecular formula is C25H35N5O2. The maximum atomic E-state index is 11.3. The summed E-state index contributed by atoms with van der Waals surface area (Å²) >= 11 is 0. The molecule has 0 aliphatic carbocycles. The molecule has 1 atom stereocenters. The minimum absolute atomic E-state index is 0.264. The normalized spacial score (nSPS) is 15.8. The molecule has 7 nitrogen and oxygen atoms in total. The highest BCUT2D eigenvalue weighted by molar-refractivity contribution is 5.92. The first-order valence-electron chi connectivity index (χ1n) is 11.4. The highest BCUT2D eigenvalue weighted by atomic mass is 16.5. The van der Waals surface area contributed by atoms with Crippen LogP contribution in [-0.2, 0) is 6.54 Å². The van der Waals surface area contributed by atoms with E-state index in [1.54, 1.807) is 19.2 Å². The molecule has 0 bridgehead atoms. The second-order valence-corrected chi connectivity index (χ2v) is 8.02. The van der Waals surface area contributed by atoms with Crippen LogP contribution in [0.5, 0.6) is 5.75 Å². The highest BCUT2D eigenvalue weighted by Crippen LogP contribution is 2.25. The maximum absolute atomic E-state index is 11.3. The lowest BCUT2D eigenvalue weighted by atomic mass is 10.0. The largest absolute Gasteiger partial charge is 0.497 e. The van der Waals surface area contributed by atoms with Gasteiger partial charge in [0.1, 0.15) is 5.75 Å². The van der Waals surface area contributed by atoms with E-state index in [1.807, 2.05) is 24.3 Å². The molecule has 1 amide bonds. The number of likely N-dealkylation sites (tertiary alicyclic amines) is 1. The number of carbonyl (C=O) groups excluding carboxylic acids is 1. The number of nitrogens with one attached hydrogen (secondary N) is 2. The number of guanidine groups is 1. The van der Waals surface area contributed by atoms with Crippen LogP contribution in [0.25, 0.3) is 0 Å². The summed E-state index contributed by atoms with van der Waals surface area (Å²) in [6.07, 6.45) is 3.78. The Morgan fingerprint density at radius 3 is 2.34 bits per heavy atom. The van der Waals surface area contributed by atoms with E-state index in [2.05, 4.69) is 34.6 Å². The first-order valence-corrected chi connectivity index (χ1v) is 11.4. The second kappa shape index (κ2) is 12.1. The quantitative estimate of drug-likeness (QED) is 0.414. The van der Waals surface area contributed by atoms with E-state index in [0.717, 1.165) is 43.5 Å². The molecule has 1 fully saturated rings. The third-order valence-electron chi connectivity index (χ3n) is 5.80. The van der Waals surface area contributed by atoms with Crippen molar-refractivity contribution in [3.05, 3.63) is 65.2 Å². The summed E-state index contributed by atoms with van der Waals surface area (Å²) < 4.78 is 5.33. The lowest BCUT2D eigenvalue weighted by Crippen LogP contribution is -2.44. The van der Waals surface area contributed by atoms with Gasteiger partial charge in [-0.2, -0.15) is 0 Å². The molecule has 4 N–H and O–H groups in total. The zero-order chi connectivity index (χ0) is 22.8. The van der Waals surface area contributed by atoms with Gasteiger partial charge in [-0.05, 0) is 68.2 Å². The van der Waals surface area contributed by atoms with Crippen molar-refractivity contribution in [1.82, 2.24) is 15.5 Å². The summed E-state index contributed by atoms with van der Waals surface area (Å²) in [6, 6.07) is 15.9. The molecule has 2 aromatic carbocycles. The molecular weight excluding hydrogens is 402 g/mol. The van der Waals surface area contributed by atoms with Crippen molar-refractivity contribution in [2.24, 2.45) is 10.7 Å². The molecule has 0 spiro atoms. The number of nitrogens with zero attached hydrogens (tertiary/aromatic N) is 2. The summed E-state index contributed by atoms with van der Waals surface area (Å²) in [6.45, 7) is 6.34. The van der Waals surface area contributed by atoms with E-state index in [0.29, 0.717) is 12.1 Å². The van der Waals surface area contributed by atoms with Crippen LogP contribution in [0.2, 0.25) is 0 Å². The topological polar surface area (TPSA) is 92.0 Å². The van der Waals surface area contributed by atoms with Crippen LogP contribution < -0.4 is 21.1 Å². The number of hydrogen-bond acceptors (Lipinski definition) is 4. The summed E-state index contributed by atoms with van der Waals surface area (Å²) in [7, 11) is 1.69. The fraction of sp³-hybridized carbons (Fsp3) is 0.440. The number of carbonyl (C=O) groups is 1. The molecule has 1 unspecified atom stereocenters. The average molecular weight is 438 g/mol. The third-order valence-corrected chi connectivity index (χ3v) is 5.80. The number of hydrogen-bond donors (Lipinski definition) is 3. The van der Waals surface area contributed by atoms with Gasteiger partial charge >= 0.3 is 0 Å². The number of ether oxygens (including phenoxy) is 1. The Bertz CT molecular complexity index is 874. The summed E-state index contributed by atoms with van der Waals surface area (Å²) in [5, 5.41) is 6.87. The van der Waals surface area contributed by atoms with Gasteiger partial charge in [-0.25, -0.2) is 4.99 Å². The van der Waals surface area contributed by atoms with Crippen LogP contribution in [-0.4, -0.2) is 50.1 Å². The van der Waals surface area contributed by atoms with Crippen LogP contribution >= 0.6 is 0 Å². The lowest BCUT2D eigenvalue weighted by molar-refractivity contribution is 0.100. The van der Waals surface area contributed by atoms with Gasteiger partial charge in [-0.1, -0.05) is 30.7 Å². The number of primary amides is 1. The number of amides is 1. The molecule has 2 aromatic rings. The van der Waals surface area contributed by atoms with Crippen molar-refractivity contribution in [3.8, 4) is 5.75 Å². The average Bonchev–Trinajstić information content (AvgIpc) is 2.84. The lowest BCUT2D eigenvalue weighted by Gasteiger charge is -2.35. The number of benzene rings is 2. The molecule has 1 saturated heterocycles. The molecule has 0 aromatic heterocycles. The molecule has 0 saturated carbocycles. The smallest absolute Gasteiger partial charge is 0.248 e. The summed E-state index contributed by atoms with van der Waals surface area (Å²) in [5.74, 6) is 1.23. The molecule has 172 valence electrons. The first-order chi connectivity index (χ1) is 15.6. The number of rotatable bonds is 9. The molecule has 0 radical (unpaired) electrons. The Hall–Kier alpha value is -3.06. The summed E-state index contributed by atoms with van der Waals surface area (Å²) in [5.41, 5.74) is 8.13. The van der Waals surface area contributed by atoms with Crippen LogP contribution in [0, 0.1) is 0 Å². The maximum Gasteiger partial charge on any atom is 0.248 e. The Labute approximate surface area is 191 Å². The van der Waals surface area contributed by atoms with Crippen molar-refractivity contribution >= 4 is 11.9 Å². The SMILES string of the molecule is CCNC(=NCc1ccc(C(N)=O)cc1)NCC(c1ccc(OC)cc1)N1CCCCC1. The molecule has 32 heavy (non-hydrogen) atoms. The van der Waals surface area contributed by atoms with E-state index in [4.69, 9.17) is 15.5 Å². The number of nitrogens with two attached hydrogens (primary N) is 1. The van der Waals surface area contributed by atoms with Crippen molar-refractivity contribution in [2.45, 2.75) is 38.8 Å². The Morgan fingerprint density at radius 1 is 1.06 bits per heavy atom. The van der Waals surface area contributed by atoms with E-state index >= 15 is 0 Å². The van der Waals surface area contributed by atoms with E-state index in [1.165, 1.54) is 24.8 Å². The van der Waals surface area contributed by atoms with E-state index in [9.17, 15) is 4.79 Å². The summed E-state index contributed by atoms with van der Waals surface area (Å²) in [4.78, 5) is 18.6. The fourth-order valence-corrected chi connectivity index (χ4v) is 3.99. The van der Waals surface area contributed by atoms with Crippen molar-refractivity contribution < 1.29 is 9.53 Å².